The molecule has 0 fully saturated rings. The predicted molar refractivity (Wildman–Crippen MR) is 140 cm³/mol. The average Bonchev–Trinajstić information content (AvgIpc) is 3.14. The largest absolute Gasteiger partial charge is 0.491 e. The topological polar surface area (TPSA) is 86.6 Å². The molecular formula is C27H37N3O3S. The van der Waals surface area contributed by atoms with Crippen LogP contribution < -0.4 is 15.4 Å². The zero-order chi connectivity index (χ0) is 24.5. The third-order valence-corrected chi connectivity index (χ3v) is 6.71. The van der Waals surface area contributed by atoms with Gasteiger partial charge in [0.25, 0.3) is 0 Å². The van der Waals surface area contributed by atoms with Crippen LogP contribution in [0.5, 0.6) is 5.75 Å². The maximum absolute atomic E-state index is 10.6. The van der Waals surface area contributed by atoms with E-state index in [0.717, 1.165) is 39.9 Å². The predicted octanol–water partition coefficient (Wildman–Crippen LogP) is 4.47. The van der Waals surface area contributed by atoms with Gasteiger partial charge in [0.1, 0.15) is 24.7 Å². The minimum Gasteiger partial charge on any atom is -0.491 e. The lowest BCUT2D eigenvalue weighted by Crippen LogP contribution is -2.47. The number of aliphatic hydroxyl groups excluding tert-OH is 2. The number of nitrogens with zero attached hydrogens (tertiary/aromatic N) is 1. The van der Waals surface area contributed by atoms with Crippen LogP contribution in [0.25, 0.3) is 0 Å². The van der Waals surface area contributed by atoms with Crippen molar-refractivity contribution in [2.24, 2.45) is 0 Å². The standard InChI is InChI=1S/C27H37N3O3S/c1-5-24(26(31)17-33-23-9-7-6-8-10-23)28-18(2)15-21-11-13-22(14-12-21)30-27(32)16-25-19(3)34-20(4)29-25/h6-14,18,24,26-28,30-32H,5,15-17H2,1-4H3/t18-,24+,26?,27?/m0/s1. The van der Waals surface area contributed by atoms with E-state index in [-0.39, 0.29) is 18.7 Å². The molecule has 0 amide bonds. The van der Waals surface area contributed by atoms with Crippen LogP contribution in [0.4, 0.5) is 5.69 Å². The molecule has 0 aliphatic rings. The second kappa shape index (κ2) is 12.9. The normalized spacial score (nSPS) is 14.9. The number of rotatable bonds is 13. The van der Waals surface area contributed by atoms with Gasteiger partial charge in [0.15, 0.2) is 0 Å². The zero-order valence-electron chi connectivity index (χ0n) is 20.5. The van der Waals surface area contributed by atoms with Gasteiger partial charge in [0.05, 0.1) is 10.7 Å². The summed E-state index contributed by atoms with van der Waals surface area (Å²) in [6, 6.07) is 17.8. The summed E-state index contributed by atoms with van der Waals surface area (Å²) in [6.07, 6.45) is 0.848. The third kappa shape index (κ3) is 8.09. The number of nitrogens with one attached hydrogen (secondary N) is 2. The molecule has 0 radical (unpaired) electrons. The SMILES string of the molecule is CC[C@@H](N[C@@H](C)Cc1ccc(NC(O)Cc2nc(C)sc2C)cc1)C(O)COc1ccccc1. The van der Waals surface area contributed by atoms with Gasteiger partial charge >= 0.3 is 0 Å². The van der Waals surface area contributed by atoms with Crippen molar-refractivity contribution in [3.63, 3.8) is 0 Å². The number of hydrogen-bond donors (Lipinski definition) is 4. The van der Waals surface area contributed by atoms with Gasteiger partial charge < -0.3 is 25.6 Å². The zero-order valence-corrected chi connectivity index (χ0v) is 21.3. The first kappa shape index (κ1) is 26.2. The van der Waals surface area contributed by atoms with Crippen LogP contribution in [-0.4, -0.2) is 46.2 Å². The van der Waals surface area contributed by atoms with E-state index in [1.165, 1.54) is 5.56 Å². The Labute approximate surface area is 207 Å². The van der Waals surface area contributed by atoms with Gasteiger partial charge in [0.2, 0.25) is 0 Å². The summed E-state index contributed by atoms with van der Waals surface area (Å²) in [7, 11) is 0. The van der Waals surface area contributed by atoms with Crippen molar-refractivity contribution >= 4 is 17.0 Å². The van der Waals surface area contributed by atoms with Crippen LogP contribution in [-0.2, 0) is 12.8 Å². The summed E-state index contributed by atoms with van der Waals surface area (Å²) < 4.78 is 5.72. The van der Waals surface area contributed by atoms with Crippen molar-refractivity contribution in [2.75, 3.05) is 11.9 Å². The summed E-state index contributed by atoms with van der Waals surface area (Å²) in [5, 5.41) is 28.7. The Morgan fingerprint density at radius 3 is 2.32 bits per heavy atom. The van der Waals surface area contributed by atoms with Crippen LogP contribution >= 0.6 is 11.3 Å². The van der Waals surface area contributed by atoms with Gasteiger partial charge in [0, 0.05) is 29.1 Å². The molecule has 0 spiro atoms. The highest BCUT2D eigenvalue weighted by Gasteiger charge is 2.20. The van der Waals surface area contributed by atoms with E-state index in [2.05, 4.69) is 41.6 Å². The van der Waals surface area contributed by atoms with E-state index < -0.39 is 12.3 Å². The van der Waals surface area contributed by atoms with E-state index in [4.69, 9.17) is 4.74 Å². The molecule has 3 rings (SSSR count). The molecule has 0 bridgehead atoms. The lowest BCUT2D eigenvalue weighted by atomic mass is 10.0. The summed E-state index contributed by atoms with van der Waals surface area (Å²) >= 11 is 1.66. The highest BCUT2D eigenvalue weighted by atomic mass is 32.1. The van der Waals surface area contributed by atoms with Crippen molar-refractivity contribution in [1.29, 1.82) is 0 Å². The Bertz CT molecular complexity index is 994. The monoisotopic (exact) mass is 483 g/mol. The molecule has 4 N–H and O–H groups in total. The number of aryl methyl sites for hydroxylation is 2. The molecule has 7 heteroatoms. The molecule has 1 heterocycles. The number of hydrogen-bond acceptors (Lipinski definition) is 7. The van der Waals surface area contributed by atoms with E-state index in [0.29, 0.717) is 6.42 Å². The van der Waals surface area contributed by atoms with Gasteiger partial charge in [-0.2, -0.15) is 0 Å². The molecule has 4 atom stereocenters. The van der Waals surface area contributed by atoms with E-state index in [1.54, 1.807) is 11.3 Å². The van der Waals surface area contributed by atoms with Crippen molar-refractivity contribution < 1.29 is 14.9 Å². The summed E-state index contributed by atoms with van der Waals surface area (Å²) in [5.41, 5.74) is 3.01. The second-order valence-corrected chi connectivity index (χ2v) is 10.2. The number of thiazole rings is 1. The molecule has 0 saturated carbocycles. The fourth-order valence-electron chi connectivity index (χ4n) is 4.02. The van der Waals surface area contributed by atoms with Gasteiger partial charge in [-0.25, -0.2) is 4.98 Å². The second-order valence-electron chi connectivity index (χ2n) is 8.77. The summed E-state index contributed by atoms with van der Waals surface area (Å²) in [5.74, 6) is 0.764. The van der Waals surface area contributed by atoms with E-state index in [9.17, 15) is 10.2 Å². The molecule has 6 nitrogen and oxygen atoms in total. The van der Waals surface area contributed by atoms with Crippen molar-refractivity contribution in [3.05, 3.63) is 75.7 Å². The number of aliphatic hydroxyl groups is 2. The van der Waals surface area contributed by atoms with E-state index >= 15 is 0 Å². The van der Waals surface area contributed by atoms with Crippen LogP contribution in [0.15, 0.2) is 54.6 Å². The first-order chi connectivity index (χ1) is 16.3. The van der Waals surface area contributed by atoms with Crippen molar-refractivity contribution in [3.8, 4) is 5.75 Å². The quantitative estimate of drug-likeness (QED) is 0.268. The Kier molecular flexibility index (Phi) is 9.89. The lowest BCUT2D eigenvalue weighted by Gasteiger charge is -2.27. The molecule has 3 aromatic rings. The van der Waals surface area contributed by atoms with Crippen LogP contribution in [0.3, 0.4) is 0 Å². The maximum atomic E-state index is 10.6. The Hall–Kier alpha value is -2.45. The van der Waals surface area contributed by atoms with Gasteiger partial charge in [-0.3, -0.25) is 0 Å². The number of anilines is 1. The third-order valence-electron chi connectivity index (χ3n) is 5.78. The maximum Gasteiger partial charge on any atom is 0.130 e. The molecule has 34 heavy (non-hydrogen) atoms. The number of ether oxygens (including phenoxy) is 1. The minimum absolute atomic E-state index is 0.0485. The molecule has 0 aliphatic carbocycles. The summed E-state index contributed by atoms with van der Waals surface area (Å²) in [6.45, 7) is 8.47. The first-order valence-electron chi connectivity index (χ1n) is 11.9. The van der Waals surface area contributed by atoms with Crippen LogP contribution in [0.2, 0.25) is 0 Å². The highest BCUT2D eigenvalue weighted by molar-refractivity contribution is 7.11. The average molecular weight is 484 g/mol. The summed E-state index contributed by atoms with van der Waals surface area (Å²) in [4.78, 5) is 5.64. The van der Waals surface area contributed by atoms with Crippen LogP contribution in [0.1, 0.15) is 41.4 Å². The Morgan fingerprint density at radius 1 is 1.00 bits per heavy atom. The molecule has 0 aliphatic heterocycles. The molecule has 1 aromatic heterocycles. The molecule has 2 unspecified atom stereocenters. The lowest BCUT2D eigenvalue weighted by molar-refractivity contribution is 0.0680. The Balaban J connectivity index is 1.45. The van der Waals surface area contributed by atoms with Gasteiger partial charge in [-0.15, -0.1) is 11.3 Å². The fraction of sp³-hybridized carbons (Fsp3) is 0.444. The van der Waals surface area contributed by atoms with Gasteiger partial charge in [-0.1, -0.05) is 37.3 Å². The number of benzene rings is 2. The Morgan fingerprint density at radius 2 is 1.71 bits per heavy atom. The molecule has 184 valence electrons. The number of para-hydroxylation sites is 1. The molecule has 2 aromatic carbocycles. The molecule has 0 saturated heterocycles. The fourth-order valence-corrected chi connectivity index (χ4v) is 4.86. The van der Waals surface area contributed by atoms with Crippen LogP contribution in [0, 0.1) is 13.8 Å². The van der Waals surface area contributed by atoms with E-state index in [1.807, 2.05) is 56.3 Å². The van der Waals surface area contributed by atoms with Crippen molar-refractivity contribution in [2.45, 2.75) is 71.4 Å². The van der Waals surface area contributed by atoms with Crippen molar-refractivity contribution in [1.82, 2.24) is 10.3 Å². The minimum atomic E-state index is -0.684. The first-order valence-corrected chi connectivity index (χ1v) is 12.7. The number of aromatic nitrogens is 1. The smallest absolute Gasteiger partial charge is 0.130 e. The van der Waals surface area contributed by atoms with Gasteiger partial charge in [-0.05, 0) is 63.4 Å². The highest BCUT2D eigenvalue weighted by Crippen LogP contribution is 2.19. The molecular weight excluding hydrogens is 446 g/mol.